The van der Waals surface area contributed by atoms with E-state index in [1.165, 1.54) is 12.1 Å². The molecule has 0 radical (unpaired) electrons. The number of hydrogen-bond acceptors (Lipinski definition) is 4. The van der Waals surface area contributed by atoms with Gasteiger partial charge >= 0.3 is 0 Å². The summed E-state index contributed by atoms with van der Waals surface area (Å²) in [6, 6.07) is 10.1. The molecule has 0 fully saturated rings. The maximum atomic E-state index is 12.1. The average Bonchev–Trinajstić information content (AvgIpc) is 2.50. The number of sulfone groups is 1. The molecule has 0 saturated carbocycles. The van der Waals surface area contributed by atoms with Crippen molar-refractivity contribution in [1.29, 1.82) is 5.26 Å². The molecule has 1 rings (SSSR count). The predicted octanol–water partition coefficient (Wildman–Crippen LogP) is 1.87. The first kappa shape index (κ1) is 17.5. The van der Waals surface area contributed by atoms with Gasteiger partial charge in [-0.15, -0.1) is 0 Å². The Morgan fingerprint density at radius 1 is 1.27 bits per heavy atom. The minimum absolute atomic E-state index is 0.0623. The van der Waals surface area contributed by atoms with Crippen LogP contribution in [0.15, 0.2) is 40.6 Å². The van der Waals surface area contributed by atoms with Crippen LogP contribution in [0, 0.1) is 23.3 Å². The standard InChI is InChI=1S/C16H16N2O3S/c1-4-11-18-15(19)16(2,3)13-6-8-14(9-7-13)22(20,21)12-5-10-17/h5-9,12H,1-3H3,(H,18,19)/b12-5+. The fourth-order valence-electron chi connectivity index (χ4n) is 1.67. The topological polar surface area (TPSA) is 87.0 Å². The van der Waals surface area contributed by atoms with E-state index in [4.69, 9.17) is 5.26 Å². The first-order valence-corrected chi connectivity index (χ1v) is 7.94. The van der Waals surface area contributed by atoms with Crippen molar-refractivity contribution in [3.8, 4) is 18.0 Å². The van der Waals surface area contributed by atoms with Crippen molar-refractivity contribution < 1.29 is 13.2 Å². The predicted molar refractivity (Wildman–Crippen MR) is 83.0 cm³/mol. The van der Waals surface area contributed by atoms with Gasteiger partial charge in [0.15, 0.2) is 0 Å². The van der Waals surface area contributed by atoms with E-state index in [9.17, 15) is 13.2 Å². The molecule has 114 valence electrons. The van der Waals surface area contributed by atoms with Crippen molar-refractivity contribution in [3.63, 3.8) is 0 Å². The maximum Gasteiger partial charge on any atom is 0.241 e. The van der Waals surface area contributed by atoms with Gasteiger partial charge in [0.1, 0.15) is 0 Å². The zero-order valence-electron chi connectivity index (χ0n) is 12.5. The average molecular weight is 316 g/mol. The first-order chi connectivity index (χ1) is 10.3. The molecule has 0 spiro atoms. The molecule has 0 atom stereocenters. The van der Waals surface area contributed by atoms with Crippen LogP contribution in [0.2, 0.25) is 0 Å². The van der Waals surface area contributed by atoms with Crippen LogP contribution in [0.1, 0.15) is 26.3 Å². The lowest BCUT2D eigenvalue weighted by molar-refractivity contribution is -0.124. The number of nitrogens with zero attached hydrogens (tertiary/aromatic N) is 1. The maximum absolute atomic E-state index is 12.1. The van der Waals surface area contributed by atoms with E-state index in [1.807, 2.05) is 0 Å². The van der Waals surface area contributed by atoms with E-state index in [-0.39, 0.29) is 10.8 Å². The molecule has 0 aliphatic carbocycles. The molecule has 1 aromatic carbocycles. The fraction of sp³-hybridized carbons (Fsp3) is 0.250. The van der Waals surface area contributed by atoms with Gasteiger partial charge < -0.3 is 0 Å². The molecule has 0 unspecified atom stereocenters. The molecule has 5 nitrogen and oxygen atoms in total. The third-order valence-corrected chi connectivity index (χ3v) is 4.52. The molecule has 0 aromatic heterocycles. The molecule has 22 heavy (non-hydrogen) atoms. The number of benzene rings is 1. The Bertz CT molecular complexity index is 787. The molecule has 6 heteroatoms. The van der Waals surface area contributed by atoms with Gasteiger partial charge in [-0.05, 0) is 38.5 Å². The summed E-state index contributed by atoms with van der Waals surface area (Å²) in [6.07, 6.45) is 0.907. The molecular formula is C16H16N2O3S. The van der Waals surface area contributed by atoms with Crippen LogP contribution in [0.5, 0.6) is 0 Å². The number of amides is 1. The zero-order valence-corrected chi connectivity index (χ0v) is 13.4. The minimum atomic E-state index is -3.65. The first-order valence-electron chi connectivity index (χ1n) is 6.39. The Hall–Kier alpha value is -2.57. The molecule has 1 aromatic rings. The molecule has 1 amide bonds. The fourth-order valence-corrected chi connectivity index (χ4v) is 2.58. The Balaban J connectivity index is 3.12. The van der Waals surface area contributed by atoms with Gasteiger partial charge in [-0.25, -0.2) is 8.42 Å². The molecule has 0 aliphatic heterocycles. The summed E-state index contributed by atoms with van der Waals surface area (Å²) in [5.74, 6) is 2.30. The lowest BCUT2D eigenvalue weighted by Crippen LogP contribution is -2.37. The highest BCUT2D eigenvalue weighted by molar-refractivity contribution is 7.94. The van der Waals surface area contributed by atoms with Gasteiger partial charge in [0.2, 0.25) is 15.7 Å². The summed E-state index contributed by atoms with van der Waals surface area (Å²) in [4.78, 5) is 12.1. The molecule has 0 saturated heterocycles. The summed E-state index contributed by atoms with van der Waals surface area (Å²) in [5, 5.41) is 11.7. The summed E-state index contributed by atoms with van der Waals surface area (Å²) in [7, 11) is -3.65. The third-order valence-electron chi connectivity index (χ3n) is 3.09. The second-order valence-electron chi connectivity index (χ2n) is 4.96. The van der Waals surface area contributed by atoms with Crippen LogP contribution in [-0.4, -0.2) is 14.3 Å². The SMILES string of the molecule is CC#CNC(=O)C(C)(C)c1ccc(S(=O)(=O)/C=C/C#N)cc1. The van der Waals surface area contributed by atoms with Gasteiger partial charge in [-0.3, -0.25) is 10.1 Å². The normalized spacial score (nSPS) is 11.4. The number of nitrogens with one attached hydrogen (secondary N) is 1. The number of allylic oxidation sites excluding steroid dienone is 1. The second kappa shape index (κ2) is 6.93. The lowest BCUT2D eigenvalue weighted by Gasteiger charge is -2.22. The van der Waals surface area contributed by atoms with Crippen molar-refractivity contribution in [3.05, 3.63) is 41.3 Å². The van der Waals surface area contributed by atoms with Gasteiger partial charge in [0, 0.05) is 17.5 Å². The molecule has 1 N–H and O–H groups in total. The van der Waals surface area contributed by atoms with E-state index in [0.717, 1.165) is 11.5 Å². The highest BCUT2D eigenvalue weighted by Crippen LogP contribution is 2.25. The van der Waals surface area contributed by atoms with Crippen LogP contribution in [-0.2, 0) is 20.0 Å². The molecular weight excluding hydrogens is 300 g/mol. The minimum Gasteiger partial charge on any atom is -0.284 e. The van der Waals surface area contributed by atoms with Crippen LogP contribution in [0.25, 0.3) is 0 Å². The summed E-state index contributed by atoms with van der Waals surface area (Å²) in [6.45, 7) is 5.05. The molecule has 0 heterocycles. The Labute approximate surface area is 130 Å². The summed E-state index contributed by atoms with van der Waals surface area (Å²) >= 11 is 0. The van der Waals surface area contributed by atoms with Crippen molar-refractivity contribution in [2.75, 3.05) is 0 Å². The lowest BCUT2D eigenvalue weighted by atomic mass is 9.84. The van der Waals surface area contributed by atoms with E-state index in [2.05, 4.69) is 17.3 Å². The Kier molecular flexibility index (Phi) is 5.50. The van der Waals surface area contributed by atoms with E-state index < -0.39 is 15.3 Å². The zero-order chi connectivity index (χ0) is 16.8. The number of hydrogen-bond donors (Lipinski definition) is 1. The number of carbonyl (C=O) groups is 1. The van der Waals surface area contributed by atoms with Gasteiger partial charge in [-0.1, -0.05) is 18.1 Å². The Morgan fingerprint density at radius 2 is 1.86 bits per heavy atom. The van der Waals surface area contributed by atoms with Crippen LogP contribution in [0.3, 0.4) is 0 Å². The van der Waals surface area contributed by atoms with E-state index in [1.54, 1.807) is 39.0 Å². The number of rotatable bonds is 4. The van der Waals surface area contributed by atoms with Crippen molar-refractivity contribution >= 4 is 15.7 Å². The largest absolute Gasteiger partial charge is 0.284 e. The van der Waals surface area contributed by atoms with Gasteiger partial charge in [-0.2, -0.15) is 5.26 Å². The van der Waals surface area contributed by atoms with Crippen LogP contribution in [0.4, 0.5) is 0 Å². The summed E-state index contributed by atoms with van der Waals surface area (Å²) < 4.78 is 23.8. The van der Waals surface area contributed by atoms with E-state index in [0.29, 0.717) is 5.56 Å². The van der Waals surface area contributed by atoms with Crippen LogP contribution >= 0.6 is 0 Å². The smallest absolute Gasteiger partial charge is 0.241 e. The highest BCUT2D eigenvalue weighted by atomic mass is 32.2. The van der Waals surface area contributed by atoms with Crippen molar-refractivity contribution in [1.82, 2.24) is 5.32 Å². The second-order valence-corrected chi connectivity index (χ2v) is 6.79. The van der Waals surface area contributed by atoms with E-state index >= 15 is 0 Å². The van der Waals surface area contributed by atoms with Crippen LogP contribution < -0.4 is 5.32 Å². The Morgan fingerprint density at radius 3 is 2.36 bits per heavy atom. The monoisotopic (exact) mass is 316 g/mol. The summed E-state index contributed by atoms with van der Waals surface area (Å²) in [5.41, 5.74) is -0.194. The molecule has 0 aliphatic rings. The van der Waals surface area contributed by atoms with Gasteiger partial charge in [0.25, 0.3) is 0 Å². The van der Waals surface area contributed by atoms with Gasteiger partial charge in [0.05, 0.1) is 16.4 Å². The number of nitriles is 1. The molecule has 0 bridgehead atoms. The number of carbonyl (C=O) groups excluding carboxylic acids is 1. The highest BCUT2D eigenvalue weighted by Gasteiger charge is 2.29. The van der Waals surface area contributed by atoms with Crippen molar-refractivity contribution in [2.45, 2.75) is 31.1 Å². The van der Waals surface area contributed by atoms with Crippen molar-refractivity contribution in [2.24, 2.45) is 0 Å². The quantitative estimate of drug-likeness (QED) is 0.522. The third kappa shape index (κ3) is 3.97.